The number of carbonyl (C=O) groups is 1. The number of nitrogens with zero attached hydrogens (tertiary/aromatic N) is 2. The molecule has 0 N–H and O–H groups in total. The third-order valence-electron chi connectivity index (χ3n) is 2.45. The molecule has 0 bridgehead atoms. The van der Waals surface area contributed by atoms with Gasteiger partial charge >= 0.3 is 0 Å². The number of benzene rings is 1. The normalized spacial score (nSPS) is 10.7. The fraction of sp³-hybridized carbons (Fsp3) is 0.333. The molecule has 1 aromatic heterocycles. The van der Waals surface area contributed by atoms with Gasteiger partial charge in [-0.1, -0.05) is 18.2 Å². The largest absolute Gasteiger partial charge is 0.300 e. The Morgan fingerprint density at radius 2 is 2.20 bits per heavy atom. The van der Waals surface area contributed by atoms with Gasteiger partial charge in [0.2, 0.25) is 0 Å². The van der Waals surface area contributed by atoms with Gasteiger partial charge in [0, 0.05) is 18.4 Å². The second-order valence-corrected chi connectivity index (χ2v) is 3.73. The third kappa shape index (κ3) is 2.24. The van der Waals surface area contributed by atoms with Crippen LogP contribution in [0.2, 0.25) is 0 Å². The molecule has 0 amide bonds. The van der Waals surface area contributed by atoms with Crippen molar-refractivity contribution in [3.05, 3.63) is 30.5 Å². The molecule has 0 aliphatic rings. The van der Waals surface area contributed by atoms with Gasteiger partial charge in [-0.2, -0.15) is 5.10 Å². The summed E-state index contributed by atoms with van der Waals surface area (Å²) in [6.45, 7) is 2.44. The van der Waals surface area contributed by atoms with Crippen LogP contribution < -0.4 is 0 Å². The number of hydrogen-bond acceptors (Lipinski definition) is 2. The lowest BCUT2D eigenvalue weighted by Gasteiger charge is -2.01. The Hall–Kier alpha value is -1.64. The van der Waals surface area contributed by atoms with Crippen molar-refractivity contribution in [2.24, 2.45) is 0 Å². The topological polar surface area (TPSA) is 34.9 Å². The van der Waals surface area contributed by atoms with Crippen LogP contribution in [0.25, 0.3) is 10.9 Å². The maximum atomic E-state index is 10.8. The van der Waals surface area contributed by atoms with Gasteiger partial charge in [-0.15, -0.1) is 0 Å². The van der Waals surface area contributed by atoms with Gasteiger partial charge in [-0.25, -0.2) is 0 Å². The lowest BCUT2D eigenvalue weighted by molar-refractivity contribution is -0.117. The van der Waals surface area contributed by atoms with E-state index in [4.69, 9.17) is 0 Å². The molecule has 0 aliphatic heterocycles. The van der Waals surface area contributed by atoms with E-state index in [0.29, 0.717) is 6.42 Å². The molecule has 0 atom stereocenters. The van der Waals surface area contributed by atoms with E-state index < -0.39 is 0 Å². The van der Waals surface area contributed by atoms with Gasteiger partial charge in [0.1, 0.15) is 5.78 Å². The lowest BCUT2D eigenvalue weighted by Crippen LogP contribution is -2.01. The first kappa shape index (κ1) is 9.90. The van der Waals surface area contributed by atoms with Crippen LogP contribution in [-0.4, -0.2) is 15.6 Å². The first-order chi connectivity index (χ1) is 7.27. The number of Topliss-reactive ketones (excluding diaryl/α,β-unsaturated/α-hetero) is 1. The maximum absolute atomic E-state index is 10.8. The van der Waals surface area contributed by atoms with E-state index in [2.05, 4.69) is 11.2 Å². The van der Waals surface area contributed by atoms with Crippen LogP contribution in [0.4, 0.5) is 0 Å². The highest BCUT2D eigenvalue weighted by Gasteiger charge is 2.01. The van der Waals surface area contributed by atoms with Crippen molar-refractivity contribution in [2.75, 3.05) is 0 Å². The molecule has 0 spiro atoms. The van der Waals surface area contributed by atoms with Crippen molar-refractivity contribution in [3.8, 4) is 0 Å². The van der Waals surface area contributed by atoms with E-state index in [1.54, 1.807) is 6.92 Å². The summed E-state index contributed by atoms with van der Waals surface area (Å²) in [4.78, 5) is 10.8. The minimum absolute atomic E-state index is 0.242. The molecule has 3 nitrogen and oxygen atoms in total. The van der Waals surface area contributed by atoms with Gasteiger partial charge in [0.05, 0.1) is 11.7 Å². The number of ketones is 1. The van der Waals surface area contributed by atoms with Crippen LogP contribution in [0, 0.1) is 0 Å². The van der Waals surface area contributed by atoms with Crippen LogP contribution in [0.3, 0.4) is 0 Å². The van der Waals surface area contributed by atoms with Crippen LogP contribution in [0.1, 0.15) is 19.8 Å². The predicted octanol–water partition coefficient (Wildman–Crippen LogP) is 2.41. The number of fused-ring (bicyclic) bond motifs is 1. The van der Waals surface area contributed by atoms with Crippen molar-refractivity contribution in [1.29, 1.82) is 0 Å². The number of hydrogen-bond donors (Lipinski definition) is 0. The molecule has 15 heavy (non-hydrogen) atoms. The SMILES string of the molecule is CC(=O)CCCn1ncc2ccccc21. The summed E-state index contributed by atoms with van der Waals surface area (Å²) in [5.41, 5.74) is 1.14. The molecule has 2 rings (SSSR count). The molecular weight excluding hydrogens is 188 g/mol. The monoisotopic (exact) mass is 202 g/mol. The second kappa shape index (κ2) is 4.26. The number of para-hydroxylation sites is 1. The van der Waals surface area contributed by atoms with E-state index in [1.165, 1.54) is 0 Å². The molecule has 0 unspecified atom stereocenters. The highest BCUT2D eigenvalue weighted by molar-refractivity contribution is 5.78. The van der Waals surface area contributed by atoms with Crippen LogP contribution in [-0.2, 0) is 11.3 Å². The molecule has 2 aromatic rings. The number of rotatable bonds is 4. The summed E-state index contributed by atoms with van der Waals surface area (Å²) in [7, 11) is 0. The van der Waals surface area contributed by atoms with Gasteiger partial charge in [0.25, 0.3) is 0 Å². The Morgan fingerprint density at radius 1 is 1.40 bits per heavy atom. The average molecular weight is 202 g/mol. The third-order valence-corrected chi connectivity index (χ3v) is 2.45. The molecular formula is C12H14N2O. The predicted molar refractivity (Wildman–Crippen MR) is 59.6 cm³/mol. The molecule has 0 saturated heterocycles. The minimum atomic E-state index is 0.242. The summed E-state index contributed by atoms with van der Waals surface area (Å²) in [6.07, 6.45) is 3.36. The highest BCUT2D eigenvalue weighted by Crippen LogP contribution is 2.13. The first-order valence-corrected chi connectivity index (χ1v) is 5.17. The maximum Gasteiger partial charge on any atom is 0.129 e. The summed E-state index contributed by atoms with van der Waals surface area (Å²) in [6, 6.07) is 8.11. The molecule has 1 aromatic carbocycles. The molecule has 0 fully saturated rings. The zero-order valence-electron chi connectivity index (χ0n) is 8.81. The van der Waals surface area contributed by atoms with E-state index in [9.17, 15) is 4.79 Å². The van der Waals surface area contributed by atoms with Crippen LogP contribution in [0.15, 0.2) is 30.5 Å². The first-order valence-electron chi connectivity index (χ1n) is 5.17. The summed E-state index contributed by atoms with van der Waals surface area (Å²) in [5.74, 6) is 0.242. The van der Waals surface area contributed by atoms with E-state index >= 15 is 0 Å². The molecule has 0 saturated carbocycles. The second-order valence-electron chi connectivity index (χ2n) is 3.73. The van der Waals surface area contributed by atoms with Crippen LogP contribution >= 0.6 is 0 Å². The molecule has 78 valence electrons. The van der Waals surface area contributed by atoms with E-state index in [1.807, 2.05) is 29.1 Å². The van der Waals surface area contributed by atoms with E-state index in [-0.39, 0.29) is 5.78 Å². The number of aromatic nitrogens is 2. The fourth-order valence-corrected chi connectivity index (χ4v) is 1.68. The zero-order valence-corrected chi connectivity index (χ0v) is 8.81. The Labute approximate surface area is 88.7 Å². The van der Waals surface area contributed by atoms with Crippen molar-refractivity contribution >= 4 is 16.7 Å². The Bertz CT molecular complexity index is 473. The number of carbonyl (C=O) groups excluding carboxylic acids is 1. The average Bonchev–Trinajstić information content (AvgIpc) is 2.62. The summed E-state index contributed by atoms with van der Waals surface area (Å²) in [5, 5.41) is 5.45. The van der Waals surface area contributed by atoms with Gasteiger partial charge in [-0.3, -0.25) is 4.68 Å². The lowest BCUT2D eigenvalue weighted by atomic mass is 10.2. The molecule has 0 radical (unpaired) electrons. The van der Waals surface area contributed by atoms with Gasteiger partial charge in [0.15, 0.2) is 0 Å². The quantitative estimate of drug-likeness (QED) is 0.763. The Kier molecular flexibility index (Phi) is 2.81. The Balaban J connectivity index is 2.11. The number of aryl methyl sites for hydroxylation is 1. The van der Waals surface area contributed by atoms with Crippen molar-refractivity contribution < 1.29 is 4.79 Å². The summed E-state index contributed by atoms with van der Waals surface area (Å²) < 4.78 is 1.96. The summed E-state index contributed by atoms with van der Waals surface area (Å²) >= 11 is 0. The van der Waals surface area contributed by atoms with Crippen molar-refractivity contribution in [1.82, 2.24) is 9.78 Å². The Morgan fingerprint density at radius 3 is 3.00 bits per heavy atom. The minimum Gasteiger partial charge on any atom is -0.300 e. The fourth-order valence-electron chi connectivity index (χ4n) is 1.68. The highest BCUT2D eigenvalue weighted by atomic mass is 16.1. The molecule has 3 heteroatoms. The van der Waals surface area contributed by atoms with Gasteiger partial charge < -0.3 is 4.79 Å². The standard InChI is InChI=1S/C12H14N2O/c1-10(15)5-4-8-14-12-7-3-2-6-11(12)9-13-14/h2-3,6-7,9H,4-5,8H2,1H3. The van der Waals surface area contributed by atoms with Gasteiger partial charge in [-0.05, 0) is 19.4 Å². The molecule has 0 aliphatic carbocycles. The van der Waals surface area contributed by atoms with Crippen LogP contribution in [0.5, 0.6) is 0 Å². The van der Waals surface area contributed by atoms with Crippen molar-refractivity contribution in [2.45, 2.75) is 26.3 Å². The smallest absolute Gasteiger partial charge is 0.129 e. The van der Waals surface area contributed by atoms with Crippen molar-refractivity contribution in [3.63, 3.8) is 0 Å². The molecule has 1 heterocycles. The zero-order chi connectivity index (χ0) is 10.7. The van der Waals surface area contributed by atoms with E-state index in [0.717, 1.165) is 23.9 Å².